The Bertz CT molecular complexity index is 708. The zero-order valence-electron chi connectivity index (χ0n) is 12.2. The quantitative estimate of drug-likeness (QED) is 0.757. The number of hydrogen-bond acceptors (Lipinski definition) is 5. The third kappa shape index (κ3) is 3.72. The van der Waals surface area contributed by atoms with Crippen molar-refractivity contribution >= 4 is 11.6 Å². The van der Waals surface area contributed by atoms with E-state index in [1.54, 1.807) is 0 Å². The number of nitrogens with one attached hydrogen (secondary N) is 1. The minimum Gasteiger partial charge on any atom is -0.338 e. The molecule has 0 saturated carbocycles. The maximum Gasteiger partial charge on any atom is 0.241 e. The van der Waals surface area contributed by atoms with Crippen LogP contribution in [0.1, 0.15) is 11.5 Å². The second-order valence-electron chi connectivity index (χ2n) is 5.11. The average Bonchev–Trinajstić information content (AvgIpc) is 3.17. The van der Waals surface area contributed by atoms with Gasteiger partial charge in [-0.15, -0.1) is 0 Å². The Kier molecular flexibility index (Phi) is 4.50. The first kappa shape index (κ1) is 14.7. The molecule has 1 N–H and O–H groups in total. The van der Waals surface area contributed by atoms with Gasteiger partial charge in [-0.1, -0.05) is 16.8 Å². The first-order chi connectivity index (χ1) is 10.7. The van der Waals surface area contributed by atoms with Gasteiger partial charge in [-0.3, -0.25) is 10.00 Å². The van der Waals surface area contributed by atoms with Gasteiger partial charge in [-0.25, -0.2) is 0 Å². The van der Waals surface area contributed by atoms with Gasteiger partial charge in [0.05, 0.1) is 12.7 Å². The second kappa shape index (κ2) is 6.72. The summed E-state index contributed by atoms with van der Waals surface area (Å²) in [5.74, 6) is 1.18. The smallest absolute Gasteiger partial charge is 0.241 e. The summed E-state index contributed by atoms with van der Waals surface area (Å²) in [5, 5.41) is 11.4. The maximum absolute atomic E-state index is 5.87. The fourth-order valence-corrected chi connectivity index (χ4v) is 2.21. The molecule has 6 nitrogen and oxygen atoms in total. The highest BCUT2D eigenvalue weighted by Gasteiger charge is 2.11. The van der Waals surface area contributed by atoms with E-state index in [0.717, 1.165) is 18.5 Å². The SMILES string of the molecule is CN(CCc1cn[nH]c1)Cc1nc(-c2ccc(Cl)cc2)no1. The van der Waals surface area contributed by atoms with Crippen LogP contribution in [0.4, 0.5) is 0 Å². The summed E-state index contributed by atoms with van der Waals surface area (Å²) in [6.45, 7) is 1.50. The van der Waals surface area contributed by atoms with Crippen LogP contribution in [-0.2, 0) is 13.0 Å². The third-order valence-electron chi connectivity index (χ3n) is 3.31. The van der Waals surface area contributed by atoms with Crippen LogP contribution in [0, 0.1) is 0 Å². The van der Waals surface area contributed by atoms with Crippen LogP contribution in [0.15, 0.2) is 41.2 Å². The molecule has 0 aliphatic heterocycles. The highest BCUT2D eigenvalue weighted by molar-refractivity contribution is 6.30. The van der Waals surface area contributed by atoms with E-state index in [9.17, 15) is 0 Å². The van der Waals surface area contributed by atoms with Gasteiger partial charge in [-0.05, 0) is 43.3 Å². The molecule has 2 heterocycles. The molecule has 0 fully saturated rings. The van der Waals surface area contributed by atoms with Gasteiger partial charge in [0.15, 0.2) is 0 Å². The van der Waals surface area contributed by atoms with E-state index in [-0.39, 0.29) is 0 Å². The predicted molar refractivity (Wildman–Crippen MR) is 83.4 cm³/mol. The van der Waals surface area contributed by atoms with E-state index in [1.165, 1.54) is 5.56 Å². The Morgan fingerprint density at radius 3 is 2.82 bits per heavy atom. The number of rotatable bonds is 6. The monoisotopic (exact) mass is 317 g/mol. The Labute approximate surface area is 133 Å². The van der Waals surface area contributed by atoms with Gasteiger partial charge in [0, 0.05) is 23.3 Å². The van der Waals surface area contributed by atoms with Crippen LogP contribution >= 0.6 is 11.6 Å². The molecule has 0 bridgehead atoms. The van der Waals surface area contributed by atoms with Gasteiger partial charge in [-0.2, -0.15) is 10.1 Å². The lowest BCUT2D eigenvalue weighted by Crippen LogP contribution is -2.20. The molecular formula is C15H16ClN5O. The molecule has 0 unspecified atom stereocenters. The van der Waals surface area contributed by atoms with E-state index < -0.39 is 0 Å². The van der Waals surface area contributed by atoms with Gasteiger partial charge in [0.2, 0.25) is 11.7 Å². The van der Waals surface area contributed by atoms with Crippen molar-refractivity contribution in [2.75, 3.05) is 13.6 Å². The summed E-state index contributed by atoms with van der Waals surface area (Å²) in [6.07, 6.45) is 4.66. The molecule has 0 radical (unpaired) electrons. The second-order valence-corrected chi connectivity index (χ2v) is 5.55. The maximum atomic E-state index is 5.87. The molecule has 3 aromatic rings. The topological polar surface area (TPSA) is 70.8 Å². The fraction of sp³-hybridized carbons (Fsp3) is 0.267. The predicted octanol–water partition coefficient (Wildman–Crippen LogP) is 2.79. The first-order valence-electron chi connectivity index (χ1n) is 6.95. The van der Waals surface area contributed by atoms with Crippen molar-refractivity contribution in [3.63, 3.8) is 0 Å². The van der Waals surface area contributed by atoms with Crippen molar-refractivity contribution < 1.29 is 4.52 Å². The molecule has 114 valence electrons. The molecule has 0 atom stereocenters. The molecule has 0 amide bonds. The van der Waals surface area contributed by atoms with Crippen molar-refractivity contribution in [2.24, 2.45) is 0 Å². The number of likely N-dealkylation sites (N-methyl/N-ethyl adjacent to an activating group) is 1. The summed E-state index contributed by atoms with van der Waals surface area (Å²) in [7, 11) is 2.02. The van der Waals surface area contributed by atoms with E-state index in [1.807, 2.05) is 43.7 Å². The van der Waals surface area contributed by atoms with E-state index in [4.69, 9.17) is 16.1 Å². The number of H-pyrrole nitrogens is 1. The molecule has 0 aliphatic rings. The highest BCUT2D eigenvalue weighted by atomic mass is 35.5. The highest BCUT2D eigenvalue weighted by Crippen LogP contribution is 2.18. The minimum absolute atomic E-state index is 0.579. The standard InChI is InChI=1S/C15H16ClN5O/c1-21(7-6-11-8-17-18-9-11)10-14-19-15(20-22-14)12-2-4-13(16)5-3-12/h2-5,8-9H,6-7,10H2,1H3,(H,17,18). The lowest BCUT2D eigenvalue weighted by molar-refractivity contribution is 0.269. The zero-order chi connectivity index (χ0) is 15.4. The van der Waals surface area contributed by atoms with Crippen LogP contribution in [0.3, 0.4) is 0 Å². The molecule has 0 aliphatic carbocycles. The van der Waals surface area contributed by atoms with Crippen LogP contribution in [0.5, 0.6) is 0 Å². The number of nitrogens with zero attached hydrogens (tertiary/aromatic N) is 4. The number of halogens is 1. The van der Waals surface area contributed by atoms with Gasteiger partial charge in [0.25, 0.3) is 0 Å². The van der Waals surface area contributed by atoms with Crippen LogP contribution in [0.2, 0.25) is 5.02 Å². The van der Waals surface area contributed by atoms with E-state index >= 15 is 0 Å². The number of aromatic amines is 1. The molecule has 0 spiro atoms. The molecule has 3 rings (SSSR count). The average molecular weight is 318 g/mol. The summed E-state index contributed by atoms with van der Waals surface area (Å²) in [4.78, 5) is 6.55. The van der Waals surface area contributed by atoms with Crippen molar-refractivity contribution in [2.45, 2.75) is 13.0 Å². The Morgan fingerprint density at radius 1 is 1.27 bits per heavy atom. The fourth-order valence-electron chi connectivity index (χ4n) is 2.08. The summed E-state index contributed by atoms with van der Waals surface area (Å²) < 4.78 is 5.30. The summed E-state index contributed by atoms with van der Waals surface area (Å²) >= 11 is 5.87. The van der Waals surface area contributed by atoms with Crippen LogP contribution < -0.4 is 0 Å². The lowest BCUT2D eigenvalue weighted by Gasteiger charge is -2.12. The Hall–Kier alpha value is -2.18. The van der Waals surface area contributed by atoms with Gasteiger partial charge < -0.3 is 4.52 Å². The Balaban J connectivity index is 1.58. The van der Waals surface area contributed by atoms with E-state index in [2.05, 4.69) is 25.2 Å². The number of hydrogen-bond donors (Lipinski definition) is 1. The number of aromatic nitrogens is 4. The molecule has 0 saturated heterocycles. The molecule has 22 heavy (non-hydrogen) atoms. The van der Waals surface area contributed by atoms with Crippen LogP contribution in [0.25, 0.3) is 11.4 Å². The van der Waals surface area contributed by atoms with Crippen molar-refractivity contribution in [1.29, 1.82) is 0 Å². The summed E-state index contributed by atoms with van der Waals surface area (Å²) in [6, 6.07) is 7.37. The zero-order valence-corrected chi connectivity index (χ0v) is 12.9. The number of benzene rings is 1. The third-order valence-corrected chi connectivity index (χ3v) is 3.56. The normalized spacial score (nSPS) is 11.2. The van der Waals surface area contributed by atoms with Crippen molar-refractivity contribution in [3.05, 3.63) is 53.1 Å². The van der Waals surface area contributed by atoms with Gasteiger partial charge in [0.1, 0.15) is 0 Å². The minimum atomic E-state index is 0.579. The molecule has 7 heteroatoms. The molecule has 2 aromatic heterocycles. The van der Waals surface area contributed by atoms with Gasteiger partial charge >= 0.3 is 0 Å². The van der Waals surface area contributed by atoms with E-state index in [0.29, 0.717) is 23.3 Å². The van der Waals surface area contributed by atoms with Crippen molar-refractivity contribution in [3.8, 4) is 11.4 Å². The first-order valence-corrected chi connectivity index (χ1v) is 7.33. The van der Waals surface area contributed by atoms with Crippen molar-refractivity contribution in [1.82, 2.24) is 25.2 Å². The lowest BCUT2D eigenvalue weighted by atomic mass is 10.2. The molecular weight excluding hydrogens is 302 g/mol. The Morgan fingerprint density at radius 2 is 2.09 bits per heavy atom. The van der Waals surface area contributed by atoms with Crippen LogP contribution in [-0.4, -0.2) is 38.8 Å². The molecule has 1 aromatic carbocycles. The largest absolute Gasteiger partial charge is 0.338 e. The summed E-state index contributed by atoms with van der Waals surface area (Å²) in [5.41, 5.74) is 2.07.